The van der Waals surface area contributed by atoms with Gasteiger partial charge in [-0.15, -0.1) is 10.2 Å². The number of nitrogens with zero attached hydrogens (tertiary/aromatic N) is 3. The number of benzene rings is 2. The van der Waals surface area contributed by atoms with Crippen molar-refractivity contribution in [2.45, 2.75) is 30.3 Å². The van der Waals surface area contributed by atoms with Gasteiger partial charge in [0.1, 0.15) is 5.76 Å². The number of furan rings is 1. The third-order valence-corrected chi connectivity index (χ3v) is 5.69. The summed E-state index contributed by atoms with van der Waals surface area (Å²) in [5, 5.41) is 13.7. The second-order valence-corrected chi connectivity index (χ2v) is 7.95. The van der Waals surface area contributed by atoms with Crippen LogP contribution in [0.5, 0.6) is 0 Å². The quantitative estimate of drug-likeness (QED) is 0.361. The topological polar surface area (TPSA) is 99.0 Å². The molecule has 0 radical (unpaired) electrons. The molecule has 0 saturated heterocycles. The van der Waals surface area contributed by atoms with Crippen LogP contribution in [0.1, 0.15) is 24.1 Å². The highest BCUT2D eigenvalue weighted by Crippen LogP contribution is 2.24. The van der Waals surface area contributed by atoms with Crippen molar-refractivity contribution in [3.05, 3.63) is 78.0 Å². The molecule has 0 saturated carbocycles. The van der Waals surface area contributed by atoms with Gasteiger partial charge < -0.3 is 15.6 Å². The molecule has 2 heterocycles. The molecule has 1 amide bonds. The number of hydrogen-bond acceptors (Lipinski definition) is 6. The number of amides is 1. The number of thioether (sulfide) groups is 1. The highest BCUT2D eigenvalue weighted by atomic mass is 32.2. The molecule has 148 valence electrons. The lowest BCUT2D eigenvalue weighted by molar-refractivity contribution is -0.120. The van der Waals surface area contributed by atoms with E-state index in [1.165, 1.54) is 21.8 Å². The van der Waals surface area contributed by atoms with Gasteiger partial charge >= 0.3 is 0 Å². The Morgan fingerprint density at radius 3 is 2.83 bits per heavy atom. The van der Waals surface area contributed by atoms with Crippen molar-refractivity contribution < 1.29 is 9.21 Å². The molecule has 29 heavy (non-hydrogen) atoms. The highest BCUT2D eigenvalue weighted by Gasteiger charge is 2.20. The Balaban J connectivity index is 1.43. The standard InChI is InChI=1S/C21H21N5O2S/c1-14(20(27)23-13-17-9-5-11-28-17)29-21-25-24-19(26(21)22)12-16-8-4-7-15-6-2-3-10-18(15)16/h2-11,14H,12-13,22H2,1H3,(H,23,27)/t14-/m0/s1. The Kier molecular flexibility index (Phi) is 5.53. The number of fused-ring (bicyclic) bond motifs is 1. The average Bonchev–Trinajstić information content (AvgIpc) is 3.38. The molecular weight excluding hydrogens is 386 g/mol. The first kappa shape index (κ1) is 19.1. The maximum absolute atomic E-state index is 12.3. The predicted octanol–water partition coefficient (Wildman–Crippen LogP) is 3.13. The van der Waals surface area contributed by atoms with Crippen LogP contribution in [0.25, 0.3) is 10.8 Å². The van der Waals surface area contributed by atoms with E-state index in [0.29, 0.717) is 29.7 Å². The van der Waals surface area contributed by atoms with Crippen molar-refractivity contribution in [3.8, 4) is 0 Å². The van der Waals surface area contributed by atoms with E-state index in [9.17, 15) is 4.79 Å². The molecular formula is C21H21N5O2S. The minimum Gasteiger partial charge on any atom is -0.467 e. The van der Waals surface area contributed by atoms with E-state index >= 15 is 0 Å². The molecule has 0 spiro atoms. The third kappa shape index (κ3) is 4.27. The predicted molar refractivity (Wildman–Crippen MR) is 113 cm³/mol. The maximum Gasteiger partial charge on any atom is 0.233 e. The lowest BCUT2D eigenvalue weighted by atomic mass is 10.0. The van der Waals surface area contributed by atoms with Gasteiger partial charge in [0.2, 0.25) is 11.1 Å². The first-order chi connectivity index (χ1) is 14.1. The van der Waals surface area contributed by atoms with Crippen molar-refractivity contribution >= 4 is 28.4 Å². The lowest BCUT2D eigenvalue weighted by Crippen LogP contribution is -2.30. The monoisotopic (exact) mass is 407 g/mol. The third-order valence-electron chi connectivity index (χ3n) is 4.63. The fraction of sp³-hybridized carbons (Fsp3) is 0.190. The summed E-state index contributed by atoms with van der Waals surface area (Å²) in [6.07, 6.45) is 2.14. The van der Waals surface area contributed by atoms with Gasteiger partial charge in [0.05, 0.1) is 18.1 Å². The number of rotatable bonds is 7. The van der Waals surface area contributed by atoms with E-state index in [4.69, 9.17) is 10.3 Å². The summed E-state index contributed by atoms with van der Waals surface area (Å²) in [5.74, 6) is 7.45. The molecule has 0 aliphatic heterocycles. The molecule has 0 unspecified atom stereocenters. The molecule has 0 bridgehead atoms. The molecule has 2 aromatic carbocycles. The molecule has 4 rings (SSSR count). The summed E-state index contributed by atoms with van der Waals surface area (Å²) in [7, 11) is 0. The number of carbonyl (C=O) groups excluding carboxylic acids is 1. The van der Waals surface area contributed by atoms with Crippen LogP contribution >= 0.6 is 11.8 Å². The Bertz CT molecular complexity index is 1120. The fourth-order valence-corrected chi connectivity index (χ4v) is 3.88. The van der Waals surface area contributed by atoms with Crippen molar-refractivity contribution in [2.24, 2.45) is 0 Å². The van der Waals surface area contributed by atoms with E-state index in [1.54, 1.807) is 19.3 Å². The fourth-order valence-electron chi connectivity index (χ4n) is 3.07. The van der Waals surface area contributed by atoms with Crippen LogP contribution in [0.3, 0.4) is 0 Å². The van der Waals surface area contributed by atoms with E-state index in [2.05, 4.69) is 39.8 Å². The molecule has 4 aromatic rings. The summed E-state index contributed by atoms with van der Waals surface area (Å²) >= 11 is 1.27. The van der Waals surface area contributed by atoms with E-state index in [0.717, 1.165) is 10.9 Å². The molecule has 0 aliphatic carbocycles. The minimum absolute atomic E-state index is 0.120. The number of nitrogens with two attached hydrogens (primary N) is 1. The summed E-state index contributed by atoms with van der Waals surface area (Å²) in [6, 6.07) is 18.0. The van der Waals surface area contributed by atoms with Gasteiger partial charge in [-0.25, -0.2) is 4.68 Å². The minimum atomic E-state index is -0.373. The van der Waals surface area contributed by atoms with Crippen LogP contribution in [0, 0.1) is 0 Å². The summed E-state index contributed by atoms with van der Waals surface area (Å²) < 4.78 is 6.68. The zero-order valence-corrected chi connectivity index (χ0v) is 16.7. The Morgan fingerprint density at radius 1 is 1.17 bits per heavy atom. The zero-order valence-electron chi connectivity index (χ0n) is 15.9. The first-order valence-electron chi connectivity index (χ1n) is 9.24. The van der Waals surface area contributed by atoms with Crippen molar-refractivity contribution in [1.82, 2.24) is 20.2 Å². The lowest BCUT2D eigenvalue weighted by Gasteiger charge is -2.11. The van der Waals surface area contributed by atoms with Crippen LogP contribution in [-0.2, 0) is 17.8 Å². The second-order valence-electron chi connectivity index (χ2n) is 6.64. The number of nitrogens with one attached hydrogen (secondary N) is 1. The molecule has 1 atom stereocenters. The number of aromatic nitrogens is 3. The second kappa shape index (κ2) is 8.40. The molecule has 8 heteroatoms. The maximum atomic E-state index is 12.3. The summed E-state index contributed by atoms with van der Waals surface area (Å²) in [5.41, 5.74) is 1.13. The SMILES string of the molecule is C[C@H](Sc1nnc(Cc2cccc3ccccc23)n1N)C(=O)NCc1ccco1. The first-order valence-corrected chi connectivity index (χ1v) is 10.1. The van der Waals surface area contributed by atoms with Gasteiger partial charge in [0, 0.05) is 6.42 Å². The smallest absolute Gasteiger partial charge is 0.233 e. The molecule has 3 N–H and O–H groups in total. The average molecular weight is 407 g/mol. The zero-order chi connectivity index (χ0) is 20.2. The Morgan fingerprint density at radius 2 is 2.00 bits per heavy atom. The van der Waals surface area contributed by atoms with Crippen molar-refractivity contribution in [3.63, 3.8) is 0 Å². The van der Waals surface area contributed by atoms with E-state index in [1.807, 2.05) is 24.3 Å². The molecule has 0 fully saturated rings. The number of carbonyl (C=O) groups is 1. The van der Waals surface area contributed by atoms with Gasteiger partial charge in [-0.2, -0.15) is 0 Å². The number of nitrogen functional groups attached to an aromatic ring is 1. The van der Waals surface area contributed by atoms with Crippen LogP contribution in [-0.4, -0.2) is 26.0 Å². The van der Waals surface area contributed by atoms with E-state index in [-0.39, 0.29) is 11.2 Å². The Labute approximate surface area is 172 Å². The number of hydrogen-bond donors (Lipinski definition) is 2. The van der Waals surface area contributed by atoms with Crippen LogP contribution in [0.4, 0.5) is 0 Å². The van der Waals surface area contributed by atoms with Gasteiger partial charge in [-0.05, 0) is 35.4 Å². The van der Waals surface area contributed by atoms with Gasteiger partial charge in [0.25, 0.3) is 0 Å². The molecule has 7 nitrogen and oxygen atoms in total. The van der Waals surface area contributed by atoms with Gasteiger partial charge in [-0.1, -0.05) is 54.2 Å². The van der Waals surface area contributed by atoms with Crippen LogP contribution in [0.2, 0.25) is 0 Å². The Hall–Kier alpha value is -3.26. The summed E-state index contributed by atoms with van der Waals surface area (Å²) in [4.78, 5) is 12.3. The van der Waals surface area contributed by atoms with Crippen LogP contribution < -0.4 is 11.2 Å². The molecule has 0 aliphatic rings. The highest BCUT2D eigenvalue weighted by molar-refractivity contribution is 8.00. The summed E-state index contributed by atoms with van der Waals surface area (Å²) in [6.45, 7) is 2.15. The largest absolute Gasteiger partial charge is 0.467 e. The van der Waals surface area contributed by atoms with Crippen molar-refractivity contribution in [1.29, 1.82) is 0 Å². The molecule has 2 aromatic heterocycles. The van der Waals surface area contributed by atoms with Crippen LogP contribution in [0.15, 0.2) is 70.4 Å². The van der Waals surface area contributed by atoms with Gasteiger partial charge in [0.15, 0.2) is 5.82 Å². The normalized spacial score (nSPS) is 12.2. The van der Waals surface area contributed by atoms with Crippen molar-refractivity contribution in [2.75, 3.05) is 5.84 Å². The van der Waals surface area contributed by atoms with E-state index < -0.39 is 0 Å². The van der Waals surface area contributed by atoms with Gasteiger partial charge in [-0.3, -0.25) is 4.79 Å².